The summed E-state index contributed by atoms with van der Waals surface area (Å²) >= 11 is 0. The molecule has 8 heteroatoms. The van der Waals surface area contributed by atoms with Crippen molar-refractivity contribution in [3.8, 4) is 0 Å². The molecule has 1 fully saturated rings. The summed E-state index contributed by atoms with van der Waals surface area (Å²) in [7, 11) is 1.72. The highest BCUT2D eigenvalue weighted by molar-refractivity contribution is 14.0. The molecule has 1 aromatic carbocycles. The Morgan fingerprint density at radius 1 is 1.21 bits per heavy atom. The number of anilines is 1. The molecule has 0 amide bonds. The van der Waals surface area contributed by atoms with Crippen molar-refractivity contribution in [3.63, 3.8) is 0 Å². The SMILES string of the molecule is CN=C(NCCc1ccc(F)cc1F)NC1CCN(c2ccccn2)CC1.I. The van der Waals surface area contributed by atoms with Gasteiger partial charge < -0.3 is 15.5 Å². The molecule has 152 valence electrons. The summed E-state index contributed by atoms with van der Waals surface area (Å²) in [6.45, 7) is 2.40. The number of nitrogens with one attached hydrogen (secondary N) is 2. The second-order valence-corrected chi connectivity index (χ2v) is 6.58. The molecule has 0 saturated carbocycles. The van der Waals surface area contributed by atoms with Gasteiger partial charge in [0.15, 0.2) is 5.96 Å². The Morgan fingerprint density at radius 2 is 2.00 bits per heavy atom. The Kier molecular flexibility index (Phi) is 8.88. The molecule has 0 spiro atoms. The summed E-state index contributed by atoms with van der Waals surface area (Å²) in [5.74, 6) is 0.647. The number of benzene rings is 1. The van der Waals surface area contributed by atoms with Gasteiger partial charge in [-0.25, -0.2) is 13.8 Å². The summed E-state index contributed by atoms with van der Waals surface area (Å²) in [5, 5.41) is 6.63. The maximum Gasteiger partial charge on any atom is 0.191 e. The van der Waals surface area contributed by atoms with Gasteiger partial charge in [-0.05, 0) is 43.0 Å². The highest BCUT2D eigenvalue weighted by Gasteiger charge is 2.20. The van der Waals surface area contributed by atoms with Gasteiger partial charge in [0, 0.05) is 45.0 Å². The number of aromatic nitrogens is 1. The number of guanidine groups is 1. The smallest absolute Gasteiger partial charge is 0.191 e. The third-order valence-electron chi connectivity index (χ3n) is 4.73. The summed E-state index contributed by atoms with van der Waals surface area (Å²) in [6.07, 6.45) is 4.26. The molecule has 0 bridgehead atoms. The van der Waals surface area contributed by atoms with Gasteiger partial charge in [0.25, 0.3) is 0 Å². The van der Waals surface area contributed by atoms with Crippen LogP contribution in [0, 0.1) is 11.6 Å². The summed E-state index contributed by atoms with van der Waals surface area (Å²) in [4.78, 5) is 10.9. The largest absolute Gasteiger partial charge is 0.356 e. The lowest BCUT2D eigenvalue weighted by Crippen LogP contribution is -2.49. The number of rotatable bonds is 5. The van der Waals surface area contributed by atoms with E-state index >= 15 is 0 Å². The zero-order valence-electron chi connectivity index (χ0n) is 15.9. The zero-order valence-corrected chi connectivity index (χ0v) is 18.2. The molecule has 28 heavy (non-hydrogen) atoms. The van der Waals surface area contributed by atoms with Crippen LogP contribution in [-0.4, -0.2) is 43.7 Å². The molecule has 0 unspecified atom stereocenters. The molecule has 2 aromatic rings. The van der Waals surface area contributed by atoms with Crippen LogP contribution < -0.4 is 15.5 Å². The Morgan fingerprint density at radius 3 is 2.64 bits per heavy atom. The van der Waals surface area contributed by atoms with E-state index < -0.39 is 11.6 Å². The van der Waals surface area contributed by atoms with Crippen molar-refractivity contribution < 1.29 is 8.78 Å². The summed E-state index contributed by atoms with van der Waals surface area (Å²) in [5.41, 5.74) is 0.489. The molecule has 0 radical (unpaired) electrons. The van der Waals surface area contributed by atoms with Crippen LogP contribution in [0.2, 0.25) is 0 Å². The predicted octanol–water partition coefficient (Wildman–Crippen LogP) is 3.35. The van der Waals surface area contributed by atoms with E-state index in [2.05, 4.69) is 25.5 Å². The standard InChI is InChI=1S/C20H25F2N5.HI/c1-23-20(25-11-7-15-5-6-16(21)14-18(15)22)26-17-8-12-27(13-9-17)19-4-2-3-10-24-19;/h2-6,10,14,17H,7-9,11-13H2,1H3,(H2,23,25,26);1H. The van der Waals surface area contributed by atoms with Gasteiger partial charge in [-0.1, -0.05) is 12.1 Å². The molecular weight excluding hydrogens is 475 g/mol. The number of hydrogen-bond acceptors (Lipinski definition) is 3. The Labute approximate surface area is 181 Å². The average Bonchev–Trinajstić information content (AvgIpc) is 2.70. The van der Waals surface area contributed by atoms with Crippen molar-refractivity contribution >= 4 is 35.8 Å². The molecule has 1 aromatic heterocycles. The van der Waals surface area contributed by atoms with Gasteiger partial charge in [0.05, 0.1) is 0 Å². The molecule has 0 aliphatic carbocycles. The van der Waals surface area contributed by atoms with E-state index in [4.69, 9.17) is 0 Å². The molecule has 1 aliphatic heterocycles. The van der Waals surface area contributed by atoms with Crippen molar-refractivity contribution in [1.29, 1.82) is 0 Å². The van der Waals surface area contributed by atoms with Crippen LogP contribution in [0.3, 0.4) is 0 Å². The number of hydrogen-bond donors (Lipinski definition) is 2. The third kappa shape index (κ3) is 6.29. The molecule has 5 nitrogen and oxygen atoms in total. The van der Waals surface area contributed by atoms with Crippen LogP contribution in [0.15, 0.2) is 47.6 Å². The van der Waals surface area contributed by atoms with E-state index in [1.54, 1.807) is 7.05 Å². The molecular formula is C20H26F2IN5. The Bertz CT molecular complexity index is 764. The molecule has 2 N–H and O–H groups in total. The first-order valence-electron chi connectivity index (χ1n) is 9.23. The quantitative estimate of drug-likeness (QED) is 0.375. The van der Waals surface area contributed by atoms with Gasteiger partial charge in [0.2, 0.25) is 0 Å². The number of nitrogens with zero attached hydrogens (tertiary/aromatic N) is 3. The van der Waals surface area contributed by atoms with Crippen molar-refractivity contribution in [1.82, 2.24) is 15.6 Å². The lowest BCUT2D eigenvalue weighted by Gasteiger charge is -2.33. The number of halogens is 3. The maximum atomic E-state index is 13.7. The van der Waals surface area contributed by atoms with Crippen LogP contribution in [0.25, 0.3) is 0 Å². The number of piperidine rings is 1. The van der Waals surface area contributed by atoms with Crippen LogP contribution in [-0.2, 0) is 6.42 Å². The fourth-order valence-electron chi connectivity index (χ4n) is 3.22. The fourth-order valence-corrected chi connectivity index (χ4v) is 3.22. The van der Waals surface area contributed by atoms with Gasteiger partial charge in [-0.3, -0.25) is 4.99 Å². The lowest BCUT2D eigenvalue weighted by molar-refractivity contribution is 0.459. The second-order valence-electron chi connectivity index (χ2n) is 6.58. The monoisotopic (exact) mass is 501 g/mol. The third-order valence-corrected chi connectivity index (χ3v) is 4.73. The van der Waals surface area contributed by atoms with Crippen molar-refractivity contribution in [3.05, 3.63) is 59.8 Å². The zero-order chi connectivity index (χ0) is 19.1. The number of aliphatic imine (C=N–C) groups is 1. The fraction of sp³-hybridized carbons (Fsp3) is 0.400. The van der Waals surface area contributed by atoms with Crippen LogP contribution in [0.1, 0.15) is 18.4 Å². The minimum Gasteiger partial charge on any atom is -0.356 e. The van der Waals surface area contributed by atoms with Gasteiger partial charge in [-0.2, -0.15) is 0 Å². The van der Waals surface area contributed by atoms with Gasteiger partial charge in [-0.15, -0.1) is 24.0 Å². The Balaban J connectivity index is 0.00000280. The number of pyridine rings is 1. The maximum absolute atomic E-state index is 13.7. The predicted molar refractivity (Wildman–Crippen MR) is 119 cm³/mol. The molecule has 3 rings (SSSR count). The highest BCUT2D eigenvalue weighted by Crippen LogP contribution is 2.17. The van der Waals surface area contributed by atoms with Crippen LogP contribution in [0.5, 0.6) is 0 Å². The van der Waals surface area contributed by atoms with E-state index in [9.17, 15) is 8.78 Å². The van der Waals surface area contributed by atoms with Crippen molar-refractivity contribution in [2.24, 2.45) is 4.99 Å². The van der Waals surface area contributed by atoms with E-state index in [0.29, 0.717) is 30.5 Å². The molecule has 1 saturated heterocycles. The van der Waals surface area contributed by atoms with Crippen molar-refractivity contribution in [2.45, 2.75) is 25.3 Å². The lowest BCUT2D eigenvalue weighted by atomic mass is 10.1. The summed E-state index contributed by atoms with van der Waals surface area (Å²) in [6, 6.07) is 9.96. The summed E-state index contributed by atoms with van der Waals surface area (Å²) < 4.78 is 26.6. The molecule has 1 aliphatic rings. The normalized spacial score (nSPS) is 15.1. The van der Waals surface area contributed by atoms with E-state index in [1.807, 2.05) is 24.4 Å². The minimum absolute atomic E-state index is 0. The first kappa shape index (κ1) is 22.3. The molecule has 0 atom stereocenters. The first-order chi connectivity index (χ1) is 13.2. The topological polar surface area (TPSA) is 52.6 Å². The van der Waals surface area contributed by atoms with E-state index in [1.165, 1.54) is 12.1 Å². The first-order valence-corrected chi connectivity index (χ1v) is 9.23. The second kappa shape index (κ2) is 11.1. The van der Waals surface area contributed by atoms with Crippen molar-refractivity contribution in [2.75, 3.05) is 31.6 Å². The van der Waals surface area contributed by atoms with Gasteiger partial charge >= 0.3 is 0 Å². The minimum atomic E-state index is -0.557. The van der Waals surface area contributed by atoms with Crippen LogP contribution >= 0.6 is 24.0 Å². The molecule has 2 heterocycles. The Hall–Kier alpha value is -1.97. The van der Waals surface area contributed by atoms with Crippen LogP contribution in [0.4, 0.5) is 14.6 Å². The average molecular weight is 501 g/mol. The van der Waals surface area contributed by atoms with E-state index in [-0.39, 0.29) is 24.0 Å². The van der Waals surface area contributed by atoms with Gasteiger partial charge in [0.1, 0.15) is 17.5 Å². The van der Waals surface area contributed by atoms with E-state index in [0.717, 1.165) is 37.8 Å². The highest BCUT2D eigenvalue weighted by atomic mass is 127.